The maximum atomic E-state index is 2.45. The first kappa shape index (κ1) is 29.8. The Hall–Kier alpha value is -4.88. The van der Waals surface area contributed by atoms with E-state index in [1.807, 2.05) is 0 Å². The molecule has 0 aromatic heterocycles. The highest BCUT2D eigenvalue weighted by Gasteiger charge is 2.46. The van der Waals surface area contributed by atoms with E-state index in [1.165, 1.54) is 44.5 Å². The Morgan fingerprint density at radius 1 is 0.391 bits per heavy atom. The van der Waals surface area contributed by atoms with Crippen molar-refractivity contribution in [3.8, 4) is 11.1 Å². The fourth-order valence-electron chi connectivity index (χ4n) is 7.24. The van der Waals surface area contributed by atoms with Gasteiger partial charge in [-0.1, -0.05) is 157 Å². The molecular weight excluding hydrogens is 555 g/mol. The van der Waals surface area contributed by atoms with Gasteiger partial charge in [-0.25, -0.2) is 0 Å². The second kappa shape index (κ2) is 11.2. The zero-order chi connectivity index (χ0) is 32.1. The van der Waals surface area contributed by atoms with Gasteiger partial charge in [0, 0.05) is 17.1 Å². The Morgan fingerprint density at radius 2 is 0.804 bits per heavy atom. The van der Waals surface area contributed by atoms with Gasteiger partial charge >= 0.3 is 0 Å². The highest BCUT2D eigenvalue weighted by molar-refractivity contribution is 5.89. The predicted molar refractivity (Wildman–Crippen MR) is 196 cm³/mol. The van der Waals surface area contributed by atoms with Gasteiger partial charge in [0.1, 0.15) is 0 Å². The molecule has 0 heterocycles. The number of rotatable bonds is 5. The van der Waals surface area contributed by atoms with Gasteiger partial charge in [0.05, 0.1) is 5.41 Å². The molecule has 0 fully saturated rings. The summed E-state index contributed by atoms with van der Waals surface area (Å²) >= 11 is 0. The minimum Gasteiger partial charge on any atom is -0.310 e. The number of hydrogen-bond donors (Lipinski definition) is 0. The second-order valence-electron chi connectivity index (χ2n) is 14.7. The van der Waals surface area contributed by atoms with E-state index in [4.69, 9.17) is 0 Å². The molecule has 228 valence electrons. The summed E-state index contributed by atoms with van der Waals surface area (Å²) in [5.74, 6) is 0. The van der Waals surface area contributed by atoms with Crippen molar-refractivity contribution >= 4 is 17.1 Å². The number of hydrogen-bond acceptors (Lipinski definition) is 1. The molecule has 0 saturated carbocycles. The Labute approximate surface area is 275 Å². The van der Waals surface area contributed by atoms with Crippen LogP contribution in [0.25, 0.3) is 11.1 Å². The maximum Gasteiger partial charge on any atom is 0.0714 e. The van der Waals surface area contributed by atoms with Gasteiger partial charge in [0.15, 0.2) is 0 Å². The van der Waals surface area contributed by atoms with Crippen LogP contribution >= 0.6 is 0 Å². The van der Waals surface area contributed by atoms with Crippen molar-refractivity contribution in [3.05, 3.63) is 185 Å². The second-order valence-corrected chi connectivity index (χ2v) is 14.7. The number of fused-ring (bicyclic) bond motifs is 3. The van der Waals surface area contributed by atoms with E-state index in [-0.39, 0.29) is 10.8 Å². The summed E-state index contributed by atoms with van der Waals surface area (Å²) in [5, 5.41) is 0. The van der Waals surface area contributed by atoms with Gasteiger partial charge in [0.2, 0.25) is 0 Å². The van der Waals surface area contributed by atoms with Crippen LogP contribution in [0.2, 0.25) is 0 Å². The Bertz CT molecular complexity index is 1870. The fraction of sp³-hybridized carbons (Fsp3) is 0.200. The molecule has 0 aliphatic heterocycles. The van der Waals surface area contributed by atoms with Crippen LogP contribution in [0.4, 0.5) is 17.1 Å². The first-order chi connectivity index (χ1) is 22.1. The van der Waals surface area contributed by atoms with Gasteiger partial charge in [-0.3, -0.25) is 0 Å². The van der Waals surface area contributed by atoms with E-state index in [2.05, 4.69) is 198 Å². The summed E-state index contributed by atoms with van der Waals surface area (Å²) in [6.07, 6.45) is 0. The summed E-state index contributed by atoms with van der Waals surface area (Å²) in [6.45, 7) is 13.6. The van der Waals surface area contributed by atoms with Crippen LogP contribution < -0.4 is 4.90 Å². The molecule has 1 heteroatoms. The topological polar surface area (TPSA) is 3.24 Å². The molecule has 0 saturated heterocycles. The van der Waals surface area contributed by atoms with Gasteiger partial charge in [0.25, 0.3) is 0 Å². The Kier molecular flexibility index (Phi) is 7.24. The number of nitrogens with zero attached hydrogens (tertiary/aromatic N) is 1. The van der Waals surface area contributed by atoms with Crippen LogP contribution in [-0.4, -0.2) is 0 Å². The Morgan fingerprint density at radius 3 is 1.28 bits per heavy atom. The van der Waals surface area contributed by atoms with E-state index in [1.54, 1.807) is 0 Å². The lowest BCUT2D eigenvalue weighted by Gasteiger charge is -2.35. The van der Waals surface area contributed by atoms with Crippen molar-refractivity contribution in [1.29, 1.82) is 0 Å². The van der Waals surface area contributed by atoms with Crippen LogP contribution in [0.5, 0.6) is 0 Å². The first-order valence-electron chi connectivity index (χ1n) is 16.5. The van der Waals surface area contributed by atoms with E-state index in [0.29, 0.717) is 0 Å². The molecule has 6 aromatic rings. The van der Waals surface area contributed by atoms with E-state index in [9.17, 15) is 0 Å². The van der Waals surface area contributed by atoms with Crippen LogP contribution in [0.15, 0.2) is 152 Å². The lowest BCUT2D eigenvalue weighted by atomic mass is 9.67. The van der Waals surface area contributed by atoms with Crippen molar-refractivity contribution in [3.63, 3.8) is 0 Å². The Balaban J connectivity index is 1.49. The molecule has 0 radical (unpaired) electrons. The van der Waals surface area contributed by atoms with Crippen molar-refractivity contribution in [2.75, 3.05) is 4.90 Å². The maximum absolute atomic E-state index is 2.45. The molecule has 6 aromatic carbocycles. The van der Waals surface area contributed by atoms with E-state index in [0.717, 1.165) is 17.1 Å². The lowest BCUT2D eigenvalue weighted by Crippen LogP contribution is -2.28. The molecule has 1 nitrogen and oxygen atoms in total. The SMILES string of the molecule is CC(C)(C)c1ccc(N(c2ccc(C(C)(C)C)cc2)c2ccc3c(c2)C(c2ccccc2)(c2ccccc2)c2ccccc2-3)cc1. The minimum atomic E-state index is -0.442. The summed E-state index contributed by atoms with van der Waals surface area (Å²) in [4.78, 5) is 2.42. The van der Waals surface area contributed by atoms with Crippen LogP contribution in [0.1, 0.15) is 74.9 Å². The molecule has 7 rings (SSSR count). The van der Waals surface area contributed by atoms with Gasteiger partial charge < -0.3 is 4.90 Å². The smallest absolute Gasteiger partial charge is 0.0714 e. The summed E-state index contributed by atoms with van der Waals surface area (Å²) in [5.41, 5.74) is 13.6. The summed E-state index contributed by atoms with van der Waals surface area (Å²) in [7, 11) is 0. The fourth-order valence-corrected chi connectivity index (χ4v) is 7.24. The molecule has 0 atom stereocenters. The highest BCUT2D eigenvalue weighted by Crippen LogP contribution is 2.57. The third-order valence-electron chi connectivity index (χ3n) is 9.68. The quantitative estimate of drug-likeness (QED) is 0.191. The predicted octanol–water partition coefficient (Wildman–Crippen LogP) is 12.1. The van der Waals surface area contributed by atoms with Crippen molar-refractivity contribution < 1.29 is 0 Å². The third-order valence-corrected chi connectivity index (χ3v) is 9.68. The molecule has 1 aliphatic carbocycles. The normalized spacial score (nSPS) is 13.6. The molecule has 0 bridgehead atoms. The standard InChI is InChI=1S/C45H43N/c1-43(2,3)32-21-25-36(26-22-32)46(37-27-23-33(24-28-37)44(4,5)6)38-29-30-40-39-19-13-14-20-41(39)45(42(40)31-38,34-15-9-7-10-16-34)35-17-11-8-12-18-35/h7-31H,1-6H3. The molecule has 0 N–H and O–H groups in total. The lowest BCUT2D eigenvalue weighted by molar-refractivity contribution is 0.590. The van der Waals surface area contributed by atoms with Crippen LogP contribution in [0.3, 0.4) is 0 Å². The zero-order valence-electron chi connectivity index (χ0n) is 27.9. The average molecular weight is 598 g/mol. The summed E-state index contributed by atoms with van der Waals surface area (Å²) < 4.78 is 0. The molecule has 1 aliphatic rings. The van der Waals surface area contributed by atoms with E-state index >= 15 is 0 Å². The van der Waals surface area contributed by atoms with Crippen molar-refractivity contribution in [1.82, 2.24) is 0 Å². The monoisotopic (exact) mass is 597 g/mol. The molecule has 0 unspecified atom stereocenters. The molecular formula is C45H43N. The van der Waals surface area contributed by atoms with E-state index < -0.39 is 5.41 Å². The van der Waals surface area contributed by atoms with Gasteiger partial charge in [-0.15, -0.1) is 0 Å². The molecule has 46 heavy (non-hydrogen) atoms. The van der Waals surface area contributed by atoms with Crippen molar-refractivity contribution in [2.45, 2.75) is 57.8 Å². The number of anilines is 3. The van der Waals surface area contributed by atoms with Gasteiger partial charge in [-0.05, 0) is 91.7 Å². The minimum absolute atomic E-state index is 0.0854. The van der Waals surface area contributed by atoms with Gasteiger partial charge in [-0.2, -0.15) is 0 Å². The van der Waals surface area contributed by atoms with Crippen LogP contribution in [-0.2, 0) is 16.2 Å². The number of benzene rings is 6. The third kappa shape index (κ3) is 4.95. The van der Waals surface area contributed by atoms with Crippen molar-refractivity contribution in [2.24, 2.45) is 0 Å². The largest absolute Gasteiger partial charge is 0.310 e. The highest BCUT2D eigenvalue weighted by atomic mass is 15.1. The zero-order valence-corrected chi connectivity index (χ0v) is 27.9. The summed E-state index contributed by atoms with van der Waals surface area (Å²) in [6, 6.07) is 56.4. The first-order valence-corrected chi connectivity index (χ1v) is 16.5. The van der Waals surface area contributed by atoms with Crippen LogP contribution in [0, 0.1) is 0 Å². The molecule has 0 spiro atoms. The average Bonchev–Trinajstić information content (AvgIpc) is 3.36. The molecule has 0 amide bonds.